The van der Waals surface area contributed by atoms with E-state index in [2.05, 4.69) is 20.1 Å². The molecule has 2 bridgehead atoms. The van der Waals surface area contributed by atoms with Crippen molar-refractivity contribution >= 4 is 28.8 Å². The van der Waals surface area contributed by atoms with Crippen LogP contribution in [0.2, 0.25) is 0 Å². The van der Waals surface area contributed by atoms with Crippen LogP contribution in [0, 0.1) is 0 Å². The van der Waals surface area contributed by atoms with Crippen molar-refractivity contribution in [2.45, 2.75) is 113 Å². The number of urea groups is 1. The molecule has 5 aliphatic rings. The Morgan fingerprint density at radius 2 is 1.46 bits per heavy atom. The van der Waals surface area contributed by atoms with Crippen molar-refractivity contribution in [2.75, 3.05) is 18.0 Å². The third-order valence-corrected chi connectivity index (χ3v) is 10.3. The third-order valence-electron chi connectivity index (χ3n) is 10.3. The zero-order valence-electron chi connectivity index (χ0n) is 22.7. The zero-order valence-corrected chi connectivity index (χ0v) is 22.7. The molecule has 2 N–H and O–H groups in total. The van der Waals surface area contributed by atoms with Crippen molar-refractivity contribution in [3.05, 3.63) is 34.6 Å². The number of carbonyl (C=O) groups is 2. The number of aromatic nitrogens is 2. The number of anilines is 1. The van der Waals surface area contributed by atoms with Gasteiger partial charge in [-0.3, -0.25) is 19.8 Å². The Morgan fingerprint density at radius 3 is 2.13 bits per heavy atom. The lowest BCUT2D eigenvalue weighted by molar-refractivity contribution is -0.124. The molecular formula is C30H40N6O3. The Bertz CT molecular complexity index is 1310. The number of para-hydroxylation sites is 2. The number of rotatable bonds is 3. The van der Waals surface area contributed by atoms with Gasteiger partial charge in [0, 0.05) is 37.3 Å². The lowest BCUT2D eigenvalue weighted by Gasteiger charge is -2.45. The van der Waals surface area contributed by atoms with Crippen LogP contribution in [0.5, 0.6) is 0 Å². The molecule has 39 heavy (non-hydrogen) atoms. The topological polar surface area (TPSA) is 99.6 Å². The minimum absolute atomic E-state index is 0.0200. The van der Waals surface area contributed by atoms with E-state index in [0.29, 0.717) is 49.9 Å². The fraction of sp³-hybridized carbons (Fsp3) is 0.667. The summed E-state index contributed by atoms with van der Waals surface area (Å²) in [4.78, 5) is 48.2. The third kappa shape index (κ3) is 4.33. The lowest BCUT2D eigenvalue weighted by Crippen LogP contribution is -2.56. The lowest BCUT2D eigenvalue weighted by atomic mass is 9.87. The maximum Gasteiger partial charge on any atom is 0.322 e. The van der Waals surface area contributed by atoms with Crippen LogP contribution in [-0.4, -0.2) is 63.1 Å². The van der Waals surface area contributed by atoms with Crippen molar-refractivity contribution in [2.24, 2.45) is 0 Å². The first-order chi connectivity index (χ1) is 19.0. The Labute approximate surface area is 229 Å². The van der Waals surface area contributed by atoms with E-state index >= 15 is 0 Å². The van der Waals surface area contributed by atoms with Gasteiger partial charge in [-0.05, 0) is 63.5 Å². The van der Waals surface area contributed by atoms with Crippen molar-refractivity contribution in [1.82, 2.24) is 25.1 Å². The van der Waals surface area contributed by atoms with Gasteiger partial charge >= 0.3 is 6.03 Å². The quantitative estimate of drug-likeness (QED) is 0.583. The van der Waals surface area contributed by atoms with E-state index in [1.54, 1.807) is 0 Å². The van der Waals surface area contributed by atoms with Crippen LogP contribution in [0.25, 0.3) is 11.0 Å². The molecule has 9 heteroatoms. The molecule has 1 aromatic carbocycles. The van der Waals surface area contributed by atoms with Gasteiger partial charge in [0.25, 0.3) is 11.5 Å². The minimum atomic E-state index is -0.869. The Hall–Kier alpha value is -2.94. The van der Waals surface area contributed by atoms with Gasteiger partial charge < -0.3 is 14.8 Å². The number of hydrogen-bond acceptors (Lipinski definition) is 6. The molecule has 9 nitrogen and oxygen atoms in total. The van der Waals surface area contributed by atoms with Gasteiger partial charge in [-0.25, -0.2) is 9.78 Å². The molecule has 208 valence electrons. The minimum Gasteiger partial charge on any atom is -0.352 e. The number of piperidine rings is 2. The van der Waals surface area contributed by atoms with Gasteiger partial charge in [-0.15, -0.1) is 0 Å². The molecule has 7 rings (SSSR count). The maximum absolute atomic E-state index is 14.2. The largest absolute Gasteiger partial charge is 0.352 e. The van der Waals surface area contributed by atoms with E-state index in [4.69, 9.17) is 4.98 Å². The fourth-order valence-corrected chi connectivity index (χ4v) is 8.41. The Kier molecular flexibility index (Phi) is 6.37. The van der Waals surface area contributed by atoms with Gasteiger partial charge in [-0.1, -0.05) is 44.2 Å². The molecule has 1 spiro atoms. The summed E-state index contributed by atoms with van der Waals surface area (Å²) in [5, 5.41) is 5.19. The van der Waals surface area contributed by atoms with Crippen LogP contribution in [0.15, 0.2) is 29.1 Å². The normalized spacial score (nSPS) is 29.8. The smallest absolute Gasteiger partial charge is 0.322 e. The van der Waals surface area contributed by atoms with Gasteiger partial charge in [0.05, 0.1) is 11.0 Å². The molecule has 0 radical (unpaired) electrons. The molecule has 1 aliphatic carbocycles. The van der Waals surface area contributed by atoms with Crippen molar-refractivity contribution in [3.63, 3.8) is 0 Å². The molecule has 4 saturated heterocycles. The SMILES string of the molecule is O=C1NC(=O)C2(CCN(c3nc4ccccc4n(C4C[C@H]5CC[C@@H](C4)N5C4CCCCCCC4)c3=O)CC2)N1. The summed E-state index contributed by atoms with van der Waals surface area (Å²) in [6, 6.07) is 9.59. The van der Waals surface area contributed by atoms with Gasteiger partial charge in [0.1, 0.15) is 5.54 Å². The molecule has 3 amide bonds. The highest BCUT2D eigenvalue weighted by molar-refractivity contribution is 6.07. The summed E-state index contributed by atoms with van der Waals surface area (Å²) in [6.45, 7) is 0.999. The zero-order chi connectivity index (χ0) is 26.6. The predicted octanol–water partition coefficient (Wildman–Crippen LogP) is 3.86. The number of nitrogens with zero attached hydrogens (tertiary/aromatic N) is 4. The molecule has 1 saturated carbocycles. The maximum atomic E-state index is 14.2. The van der Waals surface area contributed by atoms with E-state index in [1.807, 2.05) is 29.2 Å². The van der Waals surface area contributed by atoms with Crippen LogP contribution in [0.1, 0.15) is 89.5 Å². The Morgan fingerprint density at radius 1 is 0.795 bits per heavy atom. The summed E-state index contributed by atoms with van der Waals surface area (Å²) < 4.78 is 2.06. The average molecular weight is 533 g/mol. The first-order valence-corrected chi connectivity index (χ1v) is 15.2. The Balaban J connectivity index is 1.17. The monoisotopic (exact) mass is 532 g/mol. The van der Waals surface area contributed by atoms with Crippen LogP contribution in [0.4, 0.5) is 10.6 Å². The fourth-order valence-electron chi connectivity index (χ4n) is 8.41. The summed E-state index contributed by atoms with van der Waals surface area (Å²) in [6.07, 6.45) is 14.9. The average Bonchev–Trinajstić information content (AvgIpc) is 3.33. The summed E-state index contributed by atoms with van der Waals surface area (Å²) in [7, 11) is 0. The van der Waals surface area contributed by atoms with Crippen LogP contribution < -0.4 is 21.1 Å². The van der Waals surface area contributed by atoms with E-state index in [0.717, 1.165) is 23.9 Å². The molecular weight excluding hydrogens is 492 g/mol. The summed E-state index contributed by atoms with van der Waals surface area (Å²) in [5.74, 6) is 0.214. The van der Waals surface area contributed by atoms with Gasteiger partial charge in [0.2, 0.25) is 0 Å². The molecule has 1 aromatic heterocycles. The molecule has 4 aliphatic heterocycles. The van der Waals surface area contributed by atoms with Crippen LogP contribution in [0.3, 0.4) is 0 Å². The summed E-state index contributed by atoms with van der Waals surface area (Å²) >= 11 is 0. The number of imide groups is 1. The number of fused-ring (bicyclic) bond motifs is 3. The van der Waals surface area contributed by atoms with E-state index in [9.17, 15) is 14.4 Å². The second-order valence-corrected chi connectivity index (χ2v) is 12.5. The van der Waals surface area contributed by atoms with E-state index in [1.165, 1.54) is 57.8 Å². The molecule has 5 heterocycles. The highest BCUT2D eigenvalue weighted by atomic mass is 16.2. The predicted molar refractivity (Wildman–Crippen MR) is 150 cm³/mol. The number of carbonyl (C=O) groups excluding carboxylic acids is 2. The highest BCUT2D eigenvalue weighted by Gasteiger charge is 2.49. The molecule has 3 atom stereocenters. The van der Waals surface area contributed by atoms with Gasteiger partial charge in [0.15, 0.2) is 5.82 Å². The van der Waals surface area contributed by atoms with E-state index < -0.39 is 11.6 Å². The van der Waals surface area contributed by atoms with Crippen molar-refractivity contribution in [3.8, 4) is 0 Å². The van der Waals surface area contributed by atoms with Gasteiger partial charge in [-0.2, -0.15) is 0 Å². The number of nitrogens with one attached hydrogen (secondary N) is 2. The standard InChI is InChI=1S/C30H40N6O3/c37-27-26(34-16-14-30(15-17-34)28(38)32-29(39)33-30)31-24-10-6-7-11-25(24)36(27)23-18-21-12-13-22(19-23)35(21)20-8-4-2-1-3-5-9-20/h6-7,10-11,20-23H,1-5,8-9,12-19H2,(H2,32,33,38,39)/t21-,22+,23?. The highest BCUT2D eigenvalue weighted by Crippen LogP contribution is 2.44. The molecule has 2 aromatic rings. The molecule has 5 fully saturated rings. The van der Waals surface area contributed by atoms with Crippen LogP contribution >= 0.6 is 0 Å². The first kappa shape index (κ1) is 25.1. The number of benzene rings is 1. The molecule has 1 unspecified atom stereocenters. The van der Waals surface area contributed by atoms with Crippen LogP contribution in [-0.2, 0) is 4.79 Å². The number of hydrogen-bond donors (Lipinski definition) is 2. The summed E-state index contributed by atoms with van der Waals surface area (Å²) in [5.41, 5.74) is 0.875. The first-order valence-electron chi connectivity index (χ1n) is 15.2. The second-order valence-electron chi connectivity index (χ2n) is 12.5. The van der Waals surface area contributed by atoms with Crippen molar-refractivity contribution in [1.29, 1.82) is 0 Å². The van der Waals surface area contributed by atoms with E-state index in [-0.39, 0.29) is 17.5 Å². The number of amides is 3. The second kappa shape index (κ2) is 9.91. The van der Waals surface area contributed by atoms with Crippen molar-refractivity contribution < 1.29 is 9.59 Å².